The summed E-state index contributed by atoms with van der Waals surface area (Å²) in [6, 6.07) is 7.99. The van der Waals surface area contributed by atoms with E-state index in [-0.39, 0.29) is 18.4 Å². The normalized spacial score (nSPS) is 16.4. The summed E-state index contributed by atoms with van der Waals surface area (Å²) in [4.78, 5) is 16.0. The van der Waals surface area contributed by atoms with Crippen LogP contribution in [0.25, 0.3) is 10.9 Å². The molecule has 2 aromatic heterocycles. The number of aromatic nitrogens is 4. The Balaban J connectivity index is 1.57. The van der Waals surface area contributed by atoms with Crippen LogP contribution in [-0.2, 0) is 28.2 Å². The highest BCUT2D eigenvalue weighted by molar-refractivity contribution is 7.98. The Bertz CT molecular complexity index is 1060. The molecule has 7 nitrogen and oxygen atoms in total. The van der Waals surface area contributed by atoms with Gasteiger partial charge in [-0.1, -0.05) is 41.6 Å². The number of amides is 1. The molecule has 1 amide bonds. The standard InChI is InChI=1S/C21H24ClN5O2S/c1-13-15-6-2-3-7-16(15)24-17(20(13)22)12-30-21-26-25-19(9-8-18(23)28)27(21)11-14-5-4-10-29-14/h2-3,6-7,14H,4-5,8-12H2,1H3,(H2,23,28). The molecule has 3 heterocycles. The number of carbonyl (C=O) groups is 1. The summed E-state index contributed by atoms with van der Waals surface area (Å²) in [6.45, 7) is 3.46. The van der Waals surface area contributed by atoms with Gasteiger partial charge in [-0.15, -0.1) is 10.2 Å². The maximum absolute atomic E-state index is 11.2. The lowest BCUT2D eigenvalue weighted by Crippen LogP contribution is -2.19. The zero-order valence-electron chi connectivity index (χ0n) is 16.8. The molecule has 0 aliphatic carbocycles. The highest BCUT2D eigenvalue weighted by Crippen LogP contribution is 2.31. The van der Waals surface area contributed by atoms with Gasteiger partial charge in [0, 0.05) is 30.6 Å². The number of pyridine rings is 1. The molecule has 1 unspecified atom stereocenters. The Labute approximate surface area is 184 Å². The molecule has 1 aliphatic rings. The molecule has 9 heteroatoms. The number of nitrogens with zero attached hydrogens (tertiary/aromatic N) is 4. The minimum atomic E-state index is -0.349. The molecule has 3 aromatic rings. The fourth-order valence-electron chi connectivity index (χ4n) is 3.67. The molecule has 1 aromatic carbocycles. The number of ether oxygens (including phenoxy) is 1. The van der Waals surface area contributed by atoms with Crippen LogP contribution in [0.3, 0.4) is 0 Å². The summed E-state index contributed by atoms with van der Waals surface area (Å²) >= 11 is 8.16. The van der Waals surface area contributed by atoms with E-state index in [4.69, 9.17) is 27.1 Å². The van der Waals surface area contributed by atoms with Crippen molar-refractivity contribution in [3.63, 3.8) is 0 Å². The first kappa shape index (κ1) is 21.1. The van der Waals surface area contributed by atoms with Gasteiger partial charge >= 0.3 is 0 Å². The topological polar surface area (TPSA) is 95.9 Å². The van der Waals surface area contributed by atoms with Crippen molar-refractivity contribution >= 4 is 40.2 Å². The lowest BCUT2D eigenvalue weighted by molar-refractivity contribution is -0.118. The predicted molar refractivity (Wildman–Crippen MR) is 118 cm³/mol. The first-order chi connectivity index (χ1) is 14.5. The summed E-state index contributed by atoms with van der Waals surface area (Å²) < 4.78 is 7.84. The fourth-order valence-corrected chi connectivity index (χ4v) is 4.87. The number of primary amides is 1. The zero-order valence-corrected chi connectivity index (χ0v) is 18.4. The van der Waals surface area contributed by atoms with Crippen molar-refractivity contribution in [1.82, 2.24) is 19.7 Å². The summed E-state index contributed by atoms with van der Waals surface area (Å²) in [6.07, 6.45) is 2.91. The quantitative estimate of drug-likeness (QED) is 0.531. The van der Waals surface area contributed by atoms with Crippen molar-refractivity contribution in [2.45, 2.75) is 56.2 Å². The van der Waals surface area contributed by atoms with Gasteiger partial charge in [0.2, 0.25) is 5.91 Å². The van der Waals surface area contributed by atoms with Crippen LogP contribution in [0, 0.1) is 6.92 Å². The maximum Gasteiger partial charge on any atom is 0.217 e. The smallest absolute Gasteiger partial charge is 0.217 e. The molecular formula is C21H24ClN5O2S. The van der Waals surface area contributed by atoms with Crippen molar-refractivity contribution in [3.8, 4) is 0 Å². The minimum absolute atomic E-state index is 0.136. The van der Waals surface area contributed by atoms with Crippen LogP contribution in [0.1, 0.15) is 36.3 Å². The highest BCUT2D eigenvalue weighted by atomic mass is 35.5. The van der Waals surface area contributed by atoms with Crippen LogP contribution in [-0.4, -0.2) is 38.4 Å². The van der Waals surface area contributed by atoms with Crippen LogP contribution >= 0.6 is 23.4 Å². The highest BCUT2D eigenvalue weighted by Gasteiger charge is 2.22. The second kappa shape index (κ2) is 9.32. The van der Waals surface area contributed by atoms with Crippen molar-refractivity contribution in [1.29, 1.82) is 0 Å². The first-order valence-electron chi connectivity index (χ1n) is 10.0. The van der Waals surface area contributed by atoms with Gasteiger partial charge in [0.25, 0.3) is 0 Å². The zero-order chi connectivity index (χ0) is 21.1. The lowest BCUT2D eigenvalue weighted by Gasteiger charge is -2.15. The van der Waals surface area contributed by atoms with E-state index in [1.807, 2.05) is 35.8 Å². The summed E-state index contributed by atoms with van der Waals surface area (Å²) in [5.41, 5.74) is 8.10. The van der Waals surface area contributed by atoms with Crippen LogP contribution in [0.5, 0.6) is 0 Å². The van der Waals surface area contributed by atoms with Gasteiger partial charge in [0.05, 0.1) is 28.9 Å². The van der Waals surface area contributed by atoms with Crippen LogP contribution in [0.4, 0.5) is 0 Å². The van der Waals surface area contributed by atoms with Gasteiger partial charge in [0.1, 0.15) is 5.82 Å². The second-order valence-electron chi connectivity index (χ2n) is 7.41. The summed E-state index contributed by atoms with van der Waals surface area (Å²) in [5, 5.41) is 11.2. The SMILES string of the molecule is Cc1c(Cl)c(CSc2nnc(CCC(N)=O)n2CC2CCCO2)nc2ccccc12. The predicted octanol–water partition coefficient (Wildman–Crippen LogP) is 3.68. The van der Waals surface area contributed by atoms with E-state index in [1.54, 1.807) is 11.8 Å². The number of halogens is 1. The monoisotopic (exact) mass is 445 g/mol. The third-order valence-electron chi connectivity index (χ3n) is 5.28. The Morgan fingerprint density at radius 2 is 2.20 bits per heavy atom. The van der Waals surface area contributed by atoms with Crippen molar-refractivity contribution < 1.29 is 9.53 Å². The fraction of sp³-hybridized carbons (Fsp3) is 0.429. The molecule has 0 saturated carbocycles. The maximum atomic E-state index is 11.2. The third-order valence-corrected chi connectivity index (χ3v) is 6.76. The Hall–Kier alpha value is -2.16. The molecule has 30 heavy (non-hydrogen) atoms. The van der Waals surface area contributed by atoms with E-state index < -0.39 is 0 Å². The number of hydrogen-bond donors (Lipinski definition) is 1. The Morgan fingerprint density at radius 3 is 2.97 bits per heavy atom. The van der Waals surface area contributed by atoms with Gasteiger partial charge in [-0.25, -0.2) is 0 Å². The lowest BCUT2D eigenvalue weighted by atomic mass is 10.1. The molecule has 0 radical (unpaired) electrons. The first-order valence-corrected chi connectivity index (χ1v) is 11.4. The van der Waals surface area contributed by atoms with E-state index in [9.17, 15) is 4.79 Å². The van der Waals surface area contributed by atoms with Crippen LogP contribution < -0.4 is 5.73 Å². The van der Waals surface area contributed by atoms with Gasteiger partial charge in [-0.3, -0.25) is 9.78 Å². The largest absolute Gasteiger partial charge is 0.376 e. The van der Waals surface area contributed by atoms with Gasteiger partial charge in [0.15, 0.2) is 5.16 Å². The van der Waals surface area contributed by atoms with Crippen molar-refractivity contribution in [2.24, 2.45) is 5.73 Å². The van der Waals surface area contributed by atoms with Gasteiger partial charge in [-0.2, -0.15) is 0 Å². The van der Waals surface area contributed by atoms with Gasteiger partial charge < -0.3 is 15.0 Å². The number of aryl methyl sites for hydroxylation is 2. The Kier molecular flexibility index (Phi) is 6.55. The average Bonchev–Trinajstić information content (AvgIpc) is 3.38. The molecule has 4 rings (SSSR count). The number of hydrogen-bond acceptors (Lipinski definition) is 6. The number of thioether (sulfide) groups is 1. The van der Waals surface area contributed by atoms with Crippen molar-refractivity contribution in [3.05, 3.63) is 46.4 Å². The van der Waals surface area contributed by atoms with Crippen LogP contribution in [0.15, 0.2) is 29.4 Å². The molecule has 1 saturated heterocycles. The number of benzene rings is 1. The molecule has 0 spiro atoms. The second-order valence-corrected chi connectivity index (χ2v) is 8.73. The molecular weight excluding hydrogens is 422 g/mol. The molecule has 158 valence electrons. The third kappa shape index (κ3) is 4.61. The molecule has 1 fully saturated rings. The van der Waals surface area contributed by atoms with E-state index in [2.05, 4.69) is 10.2 Å². The summed E-state index contributed by atoms with van der Waals surface area (Å²) in [5.74, 6) is 0.975. The average molecular weight is 446 g/mol. The van der Waals surface area contributed by atoms with Crippen molar-refractivity contribution in [2.75, 3.05) is 6.61 Å². The number of fused-ring (bicyclic) bond motifs is 1. The number of rotatable bonds is 8. The molecule has 1 atom stereocenters. The number of carbonyl (C=O) groups excluding carboxylic acids is 1. The number of para-hydroxylation sites is 1. The van der Waals surface area contributed by atoms with Crippen LogP contribution in [0.2, 0.25) is 5.02 Å². The molecule has 2 N–H and O–H groups in total. The summed E-state index contributed by atoms with van der Waals surface area (Å²) in [7, 11) is 0. The van der Waals surface area contributed by atoms with Gasteiger partial charge in [-0.05, 0) is 31.4 Å². The minimum Gasteiger partial charge on any atom is -0.376 e. The van der Waals surface area contributed by atoms with E-state index in [0.29, 0.717) is 23.7 Å². The molecule has 1 aliphatic heterocycles. The molecule has 0 bridgehead atoms. The van der Waals surface area contributed by atoms with E-state index >= 15 is 0 Å². The van der Waals surface area contributed by atoms with E-state index in [0.717, 1.165) is 52.6 Å². The van der Waals surface area contributed by atoms with E-state index in [1.165, 1.54) is 0 Å². The number of nitrogens with two attached hydrogens (primary N) is 1. The Morgan fingerprint density at radius 1 is 1.37 bits per heavy atom.